The van der Waals surface area contributed by atoms with Crippen molar-refractivity contribution < 1.29 is 14.3 Å². The van der Waals surface area contributed by atoms with Gasteiger partial charge in [-0.25, -0.2) is 9.59 Å². The number of amides is 2. The number of nitrogens with zero attached hydrogens (tertiary/aromatic N) is 6. The minimum Gasteiger partial charge on any atom is -0.436 e. The Kier molecular flexibility index (Phi) is 8.56. The molecule has 3 saturated heterocycles. The number of rotatable bonds is 6. The summed E-state index contributed by atoms with van der Waals surface area (Å²) in [4.78, 5) is 51.9. The third-order valence-corrected chi connectivity index (χ3v) is 10.3. The van der Waals surface area contributed by atoms with Crippen LogP contribution in [0.2, 0.25) is 0 Å². The van der Waals surface area contributed by atoms with Crippen LogP contribution in [-0.4, -0.2) is 123 Å². The minimum absolute atomic E-state index is 0.0172. The summed E-state index contributed by atoms with van der Waals surface area (Å²) in [6.45, 7) is 8.52. The molecular formula is C34H44N8O4. The smallest absolute Gasteiger partial charge is 0.410 e. The maximum absolute atomic E-state index is 14.1. The summed E-state index contributed by atoms with van der Waals surface area (Å²) in [6, 6.07) is 12.2. The van der Waals surface area contributed by atoms with Gasteiger partial charge in [0.25, 0.3) is 5.91 Å². The van der Waals surface area contributed by atoms with Crippen molar-refractivity contribution in [1.29, 1.82) is 0 Å². The number of hydrogen-bond acceptors (Lipinski definition) is 7. The van der Waals surface area contributed by atoms with Gasteiger partial charge >= 0.3 is 11.8 Å². The zero-order valence-electron chi connectivity index (χ0n) is 26.8. The number of aromatic amines is 2. The van der Waals surface area contributed by atoms with Gasteiger partial charge in [-0.2, -0.15) is 5.10 Å². The second-order valence-electron chi connectivity index (χ2n) is 13.3. The second-order valence-corrected chi connectivity index (χ2v) is 13.3. The van der Waals surface area contributed by atoms with Crippen LogP contribution in [0.25, 0.3) is 21.9 Å². The van der Waals surface area contributed by atoms with Crippen molar-refractivity contribution in [2.45, 2.75) is 57.2 Å². The monoisotopic (exact) mass is 628 g/mol. The highest BCUT2D eigenvalue weighted by Gasteiger charge is 2.35. The van der Waals surface area contributed by atoms with E-state index in [1.165, 1.54) is 0 Å². The quantitative estimate of drug-likeness (QED) is 0.337. The number of nitrogens with one attached hydrogen (secondary N) is 2. The van der Waals surface area contributed by atoms with Gasteiger partial charge in [-0.1, -0.05) is 18.2 Å². The van der Waals surface area contributed by atoms with Crippen LogP contribution in [0.15, 0.2) is 47.4 Å². The number of likely N-dealkylation sites (tertiary alicyclic amines) is 2. The Morgan fingerprint density at radius 1 is 0.935 bits per heavy atom. The van der Waals surface area contributed by atoms with Crippen molar-refractivity contribution in [1.82, 2.24) is 39.3 Å². The van der Waals surface area contributed by atoms with Gasteiger partial charge in [-0.05, 0) is 69.0 Å². The van der Waals surface area contributed by atoms with Gasteiger partial charge in [-0.15, -0.1) is 0 Å². The topological polar surface area (TPSA) is 123 Å². The van der Waals surface area contributed by atoms with E-state index in [2.05, 4.69) is 32.0 Å². The summed E-state index contributed by atoms with van der Waals surface area (Å²) in [5.74, 6) is -0.129. The predicted octanol–water partition coefficient (Wildman–Crippen LogP) is 3.14. The van der Waals surface area contributed by atoms with Crippen molar-refractivity contribution in [2.24, 2.45) is 0 Å². The fourth-order valence-corrected chi connectivity index (χ4v) is 7.61. The van der Waals surface area contributed by atoms with E-state index < -0.39 is 12.2 Å². The molecule has 0 radical (unpaired) electrons. The van der Waals surface area contributed by atoms with E-state index in [0.717, 1.165) is 72.1 Å². The highest BCUT2D eigenvalue weighted by Crippen LogP contribution is 2.27. The van der Waals surface area contributed by atoms with E-state index in [-0.39, 0.29) is 17.6 Å². The SMILES string of the molecule is Cc1cc(CC(OC(=O)N2CCC(n3c(=O)[nH]c4ccccc43)CC2)C(=O)N2CCC(N3CCN(C)CC3)CC2)cc2cn[nH]c12. The Labute approximate surface area is 268 Å². The molecule has 2 aromatic carbocycles. The molecule has 12 nitrogen and oxygen atoms in total. The summed E-state index contributed by atoms with van der Waals surface area (Å²) in [6.07, 6.45) is 3.79. The molecule has 46 heavy (non-hydrogen) atoms. The first-order valence-electron chi connectivity index (χ1n) is 16.6. The summed E-state index contributed by atoms with van der Waals surface area (Å²) in [7, 11) is 2.17. The zero-order chi connectivity index (χ0) is 31.8. The van der Waals surface area contributed by atoms with Crippen LogP contribution in [0.5, 0.6) is 0 Å². The van der Waals surface area contributed by atoms with Gasteiger partial charge in [-0.3, -0.25) is 19.4 Å². The molecule has 3 aliphatic rings. The molecule has 5 heterocycles. The number of fused-ring (bicyclic) bond motifs is 2. The van der Waals surface area contributed by atoms with E-state index in [1.807, 2.05) is 52.8 Å². The number of aromatic nitrogens is 4. The molecule has 3 fully saturated rings. The number of imidazole rings is 1. The second kappa shape index (κ2) is 12.9. The summed E-state index contributed by atoms with van der Waals surface area (Å²) < 4.78 is 7.91. The summed E-state index contributed by atoms with van der Waals surface area (Å²) in [5, 5.41) is 8.17. The average molecular weight is 629 g/mol. The van der Waals surface area contributed by atoms with Gasteiger partial charge in [0.15, 0.2) is 6.10 Å². The van der Waals surface area contributed by atoms with Crippen molar-refractivity contribution in [2.75, 3.05) is 59.4 Å². The average Bonchev–Trinajstić information content (AvgIpc) is 3.68. The van der Waals surface area contributed by atoms with Crippen LogP contribution in [-0.2, 0) is 16.0 Å². The lowest BCUT2D eigenvalue weighted by Crippen LogP contribution is -2.54. The Bertz CT molecular complexity index is 1750. The number of H-pyrrole nitrogens is 2. The van der Waals surface area contributed by atoms with Gasteiger partial charge in [0.05, 0.1) is 22.7 Å². The van der Waals surface area contributed by atoms with Crippen LogP contribution in [0, 0.1) is 6.92 Å². The van der Waals surface area contributed by atoms with Crippen molar-refractivity contribution in [3.8, 4) is 0 Å². The van der Waals surface area contributed by atoms with Gasteiger partial charge in [0, 0.05) is 76.2 Å². The fourth-order valence-electron chi connectivity index (χ4n) is 7.61. The molecule has 0 aliphatic carbocycles. The number of benzene rings is 2. The number of aryl methyl sites for hydroxylation is 1. The van der Waals surface area contributed by atoms with Gasteiger partial charge in [0.1, 0.15) is 0 Å². The first-order valence-corrected chi connectivity index (χ1v) is 16.6. The number of likely N-dealkylation sites (N-methyl/N-ethyl adjacent to an activating group) is 1. The third-order valence-electron chi connectivity index (χ3n) is 10.3. The number of piperazine rings is 1. The molecule has 0 saturated carbocycles. The first kappa shape index (κ1) is 30.5. The van der Waals surface area contributed by atoms with Crippen LogP contribution in [0.1, 0.15) is 42.9 Å². The van der Waals surface area contributed by atoms with E-state index in [1.54, 1.807) is 11.1 Å². The molecule has 7 rings (SSSR count). The zero-order valence-corrected chi connectivity index (χ0v) is 26.8. The lowest BCUT2D eigenvalue weighted by atomic mass is 9.99. The molecule has 12 heteroatoms. The molecule has 1 atom stereocenters. The summed E-state index contributed by atoms with van der Waals surface area (Å²) >= 11 is 0. The number of para-hydroxylation sites is 2. The molecule has 2 N–H and O–H groups in total. The number of piperidine rings is 2. The Morgan fingerprint density at radius 2 is 1.63 bits per heavy atom. The van der Waals surface area contributed by atoms with Crippen LogP contribution in [0.3, 0.4) is 0 Å². The molecule has 4 aromatic rings. The van der Waals surface area contributed by atoms with E-state index in [4.69, 9.17) is 4.74 Å². The number of carbonyl (C=O) groups excluding carboxylic acids is 2. The highest BCUT2D eigenvalue weighted by molar-refractivity contribution is 5.85. The molecule has 0 bridgehead atoms. The molecule has 1 unspecified atom stereocenters. The number of ether oxygens (including phenoxy) is 1. The van der Waals surface area contributed by atoms with Gasteiger partial charge < -0.3 is 24.4 Å². The molecular weight excluding hydrogens is 584 g/mol. The Balaban J connectivity index is 1.03. The third kappa shape index (κ3) is 6.15. The standard InChI is InChI=1S/C34H44N8O4/c1-23-19-24(20-25-22-35-37-31(23)25)21-30(32(43)40-11-7-26(8-12-40)39-17-15-38(2)16-18-39)46-34(45)41-13-9-27(10-14-41)42-29-6-4-3-5-28(29)36-33(42)44/h3-6,19-20,22,26-27,30H,7-18,21H2,1-2H3,(H,35,37)(H,36,44). The molecule has 0 spiro atoms. The maximum atomic E-state index is 14.1. The van der Waals surface area contributed by atoms with Crippen molar-refractivity contribution >= 4 is 33.9 Å². The van der Waals surface area contributed by atoms with Gasteiger partial charge in [0.2, 0.25) is 0 Å². The minimum atomic E-state index is -0.926. The van der Waals surface area contributed by atoms with Crippen LogP contribution < -0.4 is 5.69 Å². The van der Waals surface area contributed by atoms with Crippen LogP contribution in [0.4, 0.5) is 4.79 Å². The first-order chi connectivity index (χ1) is 22.3. The number of carbonyl (C=O) groups is 2. The van der Waals surface area contributed by atoms with Crippen molar-refractivity contribution in [3.05, 3.63) is 64.2 Å². The normalized spacial score (nSPS) is 20.0. The lowest BCUT2D eigenvalue weighted by molar-refractivity contribution is -0.142. The molecule has 2 amide bonds. The molecule has 3 aliphatic heterocycles. The van der Waals surface area contributed by atoms with E-state index >= 15 is 0 Å². The highest BCUT2D eigenvalue weighted by atomic mass is 16.6. The number of hydrogen-bond donors (Lipinski definition) is 2. The molecule has 2 aromatic heterocycles. The maximum Gasteiger partial charge on any atom is 0.410 e. The van der Waals surface area contributed by atoms with Crippen LogP contribution >= 0.6 is 0 Å². The largest absolute Gasteiger partial charge is 0.436 e. The van der Waals surface area contributed by atoms with E-state index in [9.17, 15) is 14.4 Å². The fraction of sp³-hybridized carbons (Fsp3) is 0.529. The van der Waals surface area contributed by atoms with E-state index in [0.29, 0.717) is 51.5 Å². The lowest BCUT2D eigenvalue weighted by Gasteiger charge is -2.42. The Morgan fingerprint density at radius 3 is 2.39 bits per heavy atom. The Hall–Kier alpha value is -4.16. The molecule has 244 valence electrons. The summed E-state index contributed by atoms with van der Waals surface area (Å²) in [5.41, 5.74) is 4.49. The predicted molar refractivity (Wildman–Crippen MR) is 176 cm³/mol. The van der Waals surface area contributed by atoms with Crippen molar-refractivity contribution in [3.63, 3.8) is 0 Å².